The van der Waals surface area contributed by atoms with E-state index in [-0.39, 0.29) is 5.69 Å². The summed E-state index contributed by atoms with van der Waals surface area (Å²) in [7, 11) is 0. The van der Waals surface area contributed by atoms with Gasteiger partial charge in [0.25, 0.3) is 5.69 Å². The van der Waals surface area contributed by atoms with Crippen LogP contribution in [-0.2, 0) is 0 Å². The van der Waals surface area contributed by atoms with Crippen molar-refractivity contribution in [2.45, 2.75) is 110 Å². The molecule has 0 aliphatic heterocycles. The Kier molecular flexibility index (Phi) is 18.1. The third kappa shape index (κ3) is 17.2. The Morgan fingerprint density at radius 1 is 0.848 bits per heavy atom. The molecule has 1 aromatic rings. The molecule has 33 heavy (non-hydrogen) atoms. The first-order valence-corrected chi connectivity index (χ1v) is 13.4. The lowest BCUT2D eigenvalue weighted by molar-refractivity contribution is -0.384. The number of non-ortho nitro benzene ring substituents is 1. The van der Waals surface area contributed by atoms with Crippen LogP contribution in [0.2, 0.25) is 0 Å². The van der Waals surface area contributed by atoms with Crippen LogP contribution in [-0.4, -0.2) is 22.8 Å². The zero-order chi connectivity index (χ0) is 24.0. The van der Waals surface area contributed by atoms with Crippen LogP contribution in [0.15, 0.2) is 29.4 Å². The Morgan fingerprint density at radius 3 is 1.76 bits per heavy atom. The molecule has 6 nitrogen and oxygen atoms in total. The molecule has 0 atom stereocenters. The molecular weight excluding hydrogens is 432 g/mol. The molecule has 0 aliphatic carbocycles. The zero-order valence-electron chi connectivity index (χ0n) is 20.5. The highest BCUT2D eigenvalue weighted by molar-refractivity contribution is 7.80. The van der Waals surface area contributed by atoms with Crippen molar-refractivity contribution >= 4 is 29.2 Å². The molecular formula is C26H44N4O2S. The number of hydrogen-bond acceptors (Lipinski definition) is 4. The first-order valence-electron chi connectivity index (χ1n) is 12.9. The molecule has 0 radical (unpaired) electrons. The summed E-state index contributed by atoms with van der Waals surface area (Å²) in [4.78, 5) is 10.2. The first kappa shape index (κ1) is 29.0. The van der Waals surface area contributed by atoms with Gasteiger partial charge in [0.2, 0.25) is 0 Å². The van der Waals surface area contributed by atoms with E-state index < -0.39 is 4.92 Å². The zero-order valence-corrected chi connectivity index (χ0v) is 21.3. The Hall–Kier alpha value is -2.02. The third-order valence-corrected chi connectivity index (χ3v) is 6.04. The summed E-state index contributed by atoms with van der Waals surface area (Å²) in [5, 5.41) is 18.4. The van der Waals surface area contributed by atoms with Crippen LogP contribution < -0.4 is 10.7 Å². The summed E-state index contributed by atoms with van der Waals surface area (Å²) in [5.41, 5.74) is 3.62. The Labute approximate surface area is 206 Å². The monoisotopic (exact) mass is 476 g/mol. The van der Waals surface area contributed by atoms with E-state index in [0.717, 1.165) is 18.5 Å². The van der Waals surface area contributed by atoms with Gasteiger partial charge in [0.05, 0.1) is 11.1 Å². The molecule has 1 aromatic carbocycles. The second-order valence-corrected chi connectivity index (χ2v) is 9.19. The predicted octanol–water partition coefficient (Wildman–Crippen LogP) is 7.65. The van der Waals surface area contributed by atoms with Gasteiger partial charge in [0.15, 0.2) is 5.11 Å². The standard InChI is InChI=1S/C26H44N4O2S/c1-2-3-4-5-6-7-8-9-10-11-12-13-14-15-16-17-22-27-26(33)29-28-23-24-18-20-25(21-19-24)30(31)32/h18-21,23H,2-17,22H2,1H3,(H2,27,29,33). The summed E-state index contributed by atoms with van der Waals surface area (Å²) in [6.07, 6.45) is 23.4. The van der Waals surface area contributed by atoms with Crippen LogP contribution in [0.25, 0.3) is 0 Å². The van der Waals surface area contributed by atoms with Crippen molar-refractivity contribution in [2.24, 2.45) is 5.10 Å². The van der Waals surface area contributed by atoms with Gasteiger partial charge in [-0.05, 0) is 36.3 Å². The van der Waals surface area contributed by atoms with Crippen molar-refractivity contribution in [3.63, 3.8) is 0 Å². The number of nitrogens with one attached hydrogen (secondary N) is 2. The number of hydrogen-bond donors (Lipinski definition) is 2. The molecule has 0 heterocycles. The topological polar surface area (TPSA) is 79.6 Å². The fraction of sp³-hybridized carbons (Fsp3) is 0.692. The minimum atomic E-state index is -0.420. The van der Waals surface area contributed by atoms with E-state index in [1.807, 2.05) is 0 Å². The molecule has 0 bridgehead atoms. The van der Waals surface area contributed by atoms with Crippen LogP contribution in [0.1, 0.15) is 115 Å². The lowest BCUT2D eigenvalue weighted by Crippen LogP contribution is -2.32. The molecule has 186 valence electrons. The van der Waals surface area contributed by atoms with Crippen molar-refractivity contribution in [1.82, 2.24) is 10.7 Å². The van der Waals surface area contributed by atoms with Crippen LogP contribution in [0.3, 0.4) is 0 Å². The maximum atomic E-state index is 10.6. The van der Waals surface area contributed by atoms with Crippen LogP contribution in [0, 0.1) is 10.1 Å². The highest BCUT2D eigenvalue weighted by Gasteiger charge is 2.02. The second-order valence-electron chi connectivity index (χ2n) is 8.78. The molecule has 0 fully saturated rings. The number of nitro benzene ring substituents is 1. The van der Waals surface area contributed by atoms with Gasteiger partial charge >= 0.3 is 0 Å². The summed E-state index contributed by atoms with van der Waals surface area (Å²) in [6, 6.07) is 6.21. The van der Waals surface area contributed by atoms with Crippen molar-refractivity contribution < 1.29 is 4.92 Å². The Balaban J connectivity index is 1.85. The van der Waals surface area contributed by atoms with Gasteiger partial charge in [0.1, 0.15) is 0 Å². The van der Waals surface area contributed by atoms with Gasteiger partial charge in [-0.1, -0.05) is 103 Å². The normalized spacial score (nSPS) is 11.1. The fourth-order valence-corrected chi connectivity index (χ4v) is 3.92. The van der Waals surface area contributed by atoms with E-state index in [4.69, 9.17) is 12.2 Å². The molecule has 0 aromatic heterocycles. The lowest BCUT2D eigenvalue weighted by atomic mass is 10.0. The predicted molar refractivity (Wildman–Crippen MR) is 144 cm³/mol. The van der Waals surface area contributed by atoms with Crippen molar-refractivity contribution in [2.75, 3.05) is 6.54 Å². The minimum Gasteiger partial charge on any atom is -0.361 e. The number of unbranched alkanes of at least 4 members (excludes halogenated alkanes) is 15. The fourth-order valence-electron chi connectivity index (χ4n) is 3.76. The maximum Gasteiger partial charge on any atom is 0.269 e. The number of rotatable bonds is 20. The van der Waals surface area contributed by atoms with Crippen molar-refractivity contribution in [3.8, 4) is 0 Å². The molecule has 0 saturated heterocycles. The summed E-state index contributed by atoms with van der Waals surface area (Å²) in [5.74, 6) is 0. The third-order valence-electron chi connectivity index (χ3n) is 5.80. The van der Waals surface area contributed by atoms with Crippen LogP contribution in [0.5, 0.6) is 0 Å². The molecule has 0 spiro atoms. The number of nitrogens with zero attached hydrogens (tertiary/aromatic N) is 2. The SMILES string of the molecule is CCCCCCCCCCCCCCCCCCNC(=S)NN=Cc1ccc([N+](=O)[O-])cc1. The second kappa shape index (κ2) is 20.6. The molecule has 0 aliphatic rings. The molecule has 0 amide bonds. The molecule has 2 N–H and O–H groups in total. The van der Waals surface area contributed by atoms with Gasteiger partial charge in [-0.25, -0.2) is 0 Å². The van der Waals surface area contributed by atoms with Gasteiger partial charge in [-0.2, -0.15) is 5.10 Å². The number of benzene rings is 1. The van der Waals surface area contributed by atoms with Gasteiger partial charge < -0.3 is 5.32 Å². The summed E-state index contributed by atoms with van der Waals surface area (Å²) >= 11 is 5.21. The van der Waals surface area contributed by atoms with E-state index in [2.05, 4.69) is 22.8 Å². The van der Waals surface area contributed by atoms with E-state index >= 15 is 0 Å². The van der Waals surface area contributed by atoms with Crippen molar-refractivity contribution in [3.05, 3.63) is 39.9 Å². The van der Waals surface area contributed by atoms with Crippen LogP contribution >= 0.6 is 12.2 Å². The highest BCUT2D eigenvalue weighted by Crippen LogP contribution is 2.13. The molecule has 1 rings (SSSR count). The molecule has 0 saturated carbocycles. The highest BCUT2D eigenvalue weighted by atomic mass is 32.1. The average Bonchev–Trinajstić information content (AvgIpc) is 2.81. The Morgan fingerprint density at radius 2 is 1.30 bits per heavy atom. The number of hydrazone groups is 1. The first-order chi connectivity index (χ1) is 16.1. The summed E-state index contributed by atoms with van der Waals surface area (Å²) < 4.78 is 0. The smallest absolute Gasteiger partial charge is 0.269 e. The van der Waals surface area contributed by atoms with Crippen LogP contribution in [0.4, 0.5) is 5.69 Å². The molecule has 0 unspecified atom stereocenters. The minimum absolute atomic E-state index is 0.0658. The molecule has 7 heteroatoms. The van der Waals surface area contributed by atoms with Gasteiger partial charge in [-0.15, -0.1) is 0 Å². The van der Waals surface area contributed by atoms with E-state index in [1.165, 1.54) is 108 Å². The number of thiocarbonyl (C=S) groups is 1. The summed E-state index contributed by atoms with van der Waals surface area (Å²) in [6.45, 7) is 3.12. The van der Waals surface area contributed by atoms with Gasteiger partial charge in [0, 0.05) is 18.7 Å². The average molecular weight is 477 g/mol. The van der Waals surface area contributed by atoms with E-state index in [1.54, 1.807) is 18.3 Å². The lowest BCUT2D eigenvalue weighted by Gasteiger charge is -2.07. The largest absolute Gasteiger partial charge is 0.361 e. The van der Waals surface area contributed by atoms with Gasteiger partial charge in [-0.3, -0.25) is 15.5 Å². The maximum absolute atomic E-state index is 10.6. The quantitative estimate of drug-likeness (QED) is 0.0664. The van der Waals surface area contributed by atoms with E-state index in [9.17, 15) is 10.1 Å². The Bertz CT molecular complexity index is 665. The number of nitro groups is 1. The van der Waals surface area contributed by atoms with E-state index in [0.29, 0.717) is 5.11 Å². The van der Waals surface area contributed by atoms with Crippen molar-refractivity contribution in [1.29, 1.82) is 0 Å².